The van der Waals surface area contributed by atoms with E-state index in [0.29, 0.717) is 12.1 Å². The number of aromatic nitrogens is 2. The highest BCUT2D eigenvalue weighted by Gasteiger charge is 2.24. The normalized spacial score (nSPS) is 15.8. The van der Waals surface area contributed by atoms with Crippen molar-refractivity contribution in [3.8, 4) is 11.3 Å². The van der Waals surface area contributed by atoms with Crippen LogP contribution in [-0.4, -0.2) is 53.9 Å². The van der Waals surface area contributed by atoms with E-state index < -0.39 is 0 Å². The van der Waals surface area contributed by atoms with Crippen molar-refractivity contribution in [3.05, 3.63) is 77.5 Å². The summed E-state index contributed by atoms with van der Waals surface area (Å²) in [5.41, 5.74) is 4.66. The lowest BCUT2D eigenvalue weighted by molar-refractivity contribution is 0.0162. The number of hydrogen-bond donors (Lipinski definition) is 2. The van der Waals surface area contributed by atoms with Gasteiger partial charge in [-0.05, 0) is 12.5 Å². The van der Waals surface area contributed by atoms with Crippen LogP contribution in [0.15, 0.2) is 60.8 Å². The van der Waals surface area contributed by atoms with Crippen molar-refractivity contribution in [1.29, 1.82) is 0 Å². The maximum absolute atomic E-state index is 13.0. The predicted molar refractivity (Wildman–Crippen MR) is 113 cm³/mol. The minimum Gasteiger partial charge on any atom is -0.379 e. The number of carbonyl (C=O) groups is 1. The van der Waals surface area contributed by atoms with Gasteiger partial charge >= 0.3 is 0 Å². The molecule has 1 saturated heterocycles. The molecule has 0 bridgehead atoms. The molecular weight excluding hydrogens is 364 g/mol. The minimum absolute atomic E-state index is 0.106. The van der Waals surface area contributed by atoms with Gasteiger partial charge in [-0.1, -0.05) is 60.2 Å². The largest absolute Gasteiger partial charge is 0.379 e. The summed E-state index contributed by atoms with van der Waals surface area (Å²) in [7, 11) is 0. The van der Waals surface area contributed by atoms with Crippen molar-refractivity contribution in [2.75, 3.05) is 32.8 Å². The van der Waals surface area contributed by atoms with Gasteiger partial charge in [-0.15, -0.1) is 0 Å². The number of rotatable bonds is 6. The van der Waals surface area contributed by atoms with E-state index in [1.807, 2.05) is 30.3 Å². The second-order valence-electron chi connectivity index (χ2n) is 7.31. The number of benzene rings is 2. The third-order valence-corrected chi connectivity index (χ3v) is 5.32. The fourth-order valence-electron chi connectivity index (χ4n) is 3.79. The highest BCUT2D eigenvalue weighted by molar-refractivity contribution is 5.99. The molecule has 29 heavy (non-hydrogen) atoms. The van der Waals surface area contributed by atoms with Gasteiger partial charge in [-0.3, -0.25) is 14.8 Å². The predicted octanol–water partition coefficient (Wildman–Crippen LogP) is 3.19. The highest BCUT2D eigenvalue weighted by atomic mass is 16.5. The Hall–Kier alpha value is -2.96. The first-order chi connectivity index (χ1) is 14.2. The molecular formula is C23H26N4O2. The Balaban J connectivity index is 1.52. The summed E-state index contributed by atoms with van der Waals surface area (Å²) in [5, 5.41) is 10.2. The third kappa shape index (κ3) is 4.55. The molecule has 2 aromatic carbocycles. The maximum atomic E-state index is 13.0. The standard InChI is InChI=1S/C23H26N4O2/c1-17-6-5-9-19(14-17)21(27-10-12-29-13-11-27)16-24-23(28)20-15-25-26-22(20)18-7-3-2-4-8-18/h2-9,14-15,21H,10-13,16H2,1H3,(H,24,28)(H,25,26). The van der Waals surface area contributed by atoms with Gasteiger partial charge in [0.2, 0.25) is 0 Å². The molecule has 2 N–H and O–H groups in total. The first kappa shape index (κ1) is 19.4. The maximum Gasteiger partial charge on any atom is 0.255 e. The average molecular weight is 390 g/mol. The molecule has 1 amide bonds. The number of morpholine rings is 1. The Morgan fingerprint density at radius 1 is 1.17 bits per heavy atom. The van der Waals surface area contributed by atoms with Gasteiger partial charge in [0.05, 0.1) is 36.7 Å². The Morgan fingerprint density at radius 2 is 1.97 bits per heavy atom. The Morgan fingerprint density at radius 3 is 2.72 bits per heavy atom. The Bertz CT molecular complexity index is 948. The molecule has 150 valence electrons. The first-order valence-electron chi connectivity index (χ1n) is 9.98. The summed E-state index contributed by atoms with van der Waals surface area (Å²) in [6, 6.07) is 18.4. The number of ether oxygens (including phenoxy) is 1. The summed E-state index contributed by atoms with van der Waals surface area (Å²) < 4.78 is 5.52. The molecule has 0 spiro atoms. The van der Waals surface area contributed by atoms with Crippen molar-refractivity contribution in [3.63, 3.8) is 0 Å². The molecule has 1 aliphatic heterocycles. The van der Waals surface area contributed by atoms with E-state index >= 15 is 0 Å². The van der Waals surface area contributed by atoms with Gasteiger partial charge in [0.15, 0.2) is 0 Å². The second kappa shape index (κ2) is 9.03. The fraction of sp³-hybridized carbons (Fsp3) is 0.304. The van der Waals surface area contributed by atoms with Crippen LogP contribution in [0.1, 0.15) is 27.5 Å². The number of nitrogens with zero attached hydrogens (tertiary/aromatic N) is 2. The number of H-pyrrole nitrogens is 1. The number of aryl methyl sites for hydroxylation is 1. The number of aromatic amines is 1. The van der Waals surface area contributed by atoms with Crippen LogP contribution in [0.2, 0.25) is 0 Å². The monoisotopic (exact) mass is 390 g/mol. The van der Waals surface area contributed by atoms with Crippen LogP contribution in [0, 0.1) is 6.92 Å². The van der Waals surface area contributed by atoms with Crippen molar-refractivity contribution in [2.45, 2.75) is 13.0 Å². The number of hydrogen-bond acceptors (Lipinski definition) is 4. The summed E-state index contributed by atoms with van der Waals surface area (Å²) in [5.74, 6) is -0.122. The SMILES string of the molecule is Cc1cccc(C(CNC(=O)c2cn[nH]c2-c2ccccc2)N2CCOCC2)c1. The molecule has 1 fully saturated rings. The van der Waals surface area contributed by atoms with Gasteiger partial charge in [0.1, 0.15) is 0 Å². The van der Waals surface area contributed by atoms with E-state index in [0.717, 1.165) is 37.6 Å². The third-order valence-electron chi connectivity index (χ3n) is 5.32. The summed E-state index contributed by atoms with van der Waals surface area (Å²) in [6.07, 6.45) is 1.59. The van der Waals surface area contributed by atoms with Gasteiger partial charge in [-0.2, -0.15) is 5.10 Å². The summed E-state index contributed by atoms with van der Waals surface area (Å²) >= 11 is 0. The van der Waals surface area contributed by atoms with Crippen molar-refractivity contribution in [2.24, 2.45) is 0 Å². The van der Waals surface area contributed by atoms with Crippen LogP contribution in [-0.2, 0) is 4.74 Å². The topological polar surface area (TPSA) is 70.2 Å². The zero-order chi connectivity index (χ0) is 20.1. The molecule has 4 rings (SSSR count). The van der Waals surface area contributed by atoms with Crippen LogP contribution < -0.4 is 5.32 Å². The summed E-state index contributed by atoms with van der Waals surface area (Å²) in [4.78, 5) is 15.4. The summed E-state index contributed by atoms with van der Waals surface area (Å²) in [6.45, 7) is 5.77. The molecule has 0 radical (unpaired) electrons. The van der Waals surface area contributed by atoms with E-state index in [4.69, 9.17) is 4.74 Å². The van der Waals surface area contributed by atoms with E-state index in [9.17, 15) is 4.79 Å². The molecule has 1 aromatic heterocycles. The number of carbonyl (C=O) groups excluding carboxylic acids is 1. The molecule has 1 unspecified atom stereocenters. The number of amides is 1. The van der Waals surface area contributed by atoms with Gasteiger partial charge in [0, 0.05) is 25.2 Å². The van der Waals surface area contributed by atoms with Crippen LogP contribution in [0.25, 0.3) is 11.3 Å². The Kier molecular flexibility index (Phi) is 6.03. The molecule has 0 saturated carbocycles. The van der Waals surface area contributed by atoms with E-state index in [-0.39, 0.29) is 11.9 Å². The Labute approximate surface area is 170 Å². The van der Waals surface area contributed by atoms with Gasteiger partial charge in [0.25, 0.3) is 5.91 Å². The van der Waals surface area contributed by atoms with Crippen LogP contribution >= 0.6 is 0 Å². The van der Waals surface area contributed by atoms with Gasteiger partial charge in [-0.25, -0.2) is 0 Å². The van der Waals surface area contributed by atoms with Crippen LogP contribution in [0.4, 0.5) is 0 Å². The van der Waals surface area contributed by atoms with Crippen LogP contribution in [0.5, 0.6) is 0 Å². The fourth-order valence-corrected chi connectivity index (χ4v) is 3.79. The van der Waals surface area contributed by atoms with Gasteiger partial charge < -0.3 is 10.1 Å². The van der Waals surface area contributed by atoms with E-state index in [1.165, 1.54) is 11.1 Å². The van der Waals surface area contributed by atoms with Crippen molar-refractivity contribution in [1.82, 2.24) is 20.4 Å². The number of nitrogens with one attached hydrogen (secondary N) is 2. The molecule has 6 heteroatoms. The van der Waals surface area contributed by atoms with E-state index in [1.54, 1.807) is 6.20 Å². The first-order valence-corrected chi connectivity index (χ1v) is 9.98. The lowest BCUT2D eigenvalue weighted by Gasteiger charge is -2.35. The smallest absolute Gasteiger partial charge is 0.255 e. The van der Waals surface area contributed by atoms with Crippen molar-refractivity contribution < 1.29 is 9.53 Å². The zero-order valence-electron chi connectivity index (χ0n) is 16.6. The quantitative estimate of drug-likeness (QED) is 0.678. The average Bonchev–Trinajstić information content (AvgIpc) is 3.25. The van der Waals surface area contributed by atoms with Crippen molar-refractivity contribution >= 4 is 5.91 Å². The molecule has 1 aliphatic rings. The second-order valence-corrected chi connectivity index (χ2v) is 7.31. The zero-order valence-corrected chi connectivity index (χ0v) is 16.6. The minimum atomic E-state index is -0.122. The van der Waals surface area contributed by atoms with Crippen LogP contribution in [0.3, 0.4) is 0 Å². The molecule has 6 nitrogen and oxygen atoms in total. The lowest BCUT2D eigenvalue weighted by atomic mass is 10.0. The van der Waals surface area contributed by atoms with E-state index in [2.05, 4.69) is 51.6 Å². The lowest BCUT2D eigenvalue weighted by Crippen LogP contribution is -2.43. The molecule has 0 aliphatic carbocycles. The molecule has 3 aromatic rings. The molecule has 1 atom stereocenters. The highest BCUT2D eigenvalue weighted by Crippen LogP contribution is 2.24. The molecule has 2 heterocycles.